The monoisotopic (exact) mass is 204 g/mol. The van der Waals surface area contributed by atoms with E-state index >= 15 is 0 Å². The fourth-order valence-electron chi connectivity index (χ4n) is 1.85. The predicted octanol–water partition coefficient (Wildman–Crippen LogP) is 2.43. The molecule has 0 bridgehead atoms. The number of ether oxygens (including phenoxy) is 1. The highest BCUT2D eigenvalue weighted by molar-refractivity contribution is 6.15. The van der Waals surface area contributed by atoms with E-state index < -0.39 is 11.9 Å². The van der Waals surface area contributed by atoms with Gasteiger partial charge in [0.15, 0.2) is 0 Å². The largest absolute Gasteiger partial charge is 0.386 e. The van der Waals surface area contributed by atoms with Gasteiger partial charge in [-0.1, -0.05) is 19.9 Å². The highest BCUT2D eigenvalue weighted by Crippen LogP contribution is 2.29. The molecule has 15 heavy (non-hydrogen) atoms. The zero-order valence-electron chi connectivity index (χ0n) is 8.96. The quantitative estimate of drug-likeness (QED) is 0.521. The van der Waals surface area contributed by atoms with E-state index in [1.54, 1.807) is 6.07 Å². The lowest BCUT2D eigenvalue weighted by Gasteiger charge is -2.09. The zero-order chi connectivity index (χ0) is 11.2. The summed E-state index contributed by atoms with van der Waals surface area (Å²) in [5.41, 5.74) is 2.72. The maximum absolute atomic E-state index is 11.5. The number of rotatable bonds is 1. The van der Waals surface area contributed by atoms with Crippen LogP contribution in [0.3, 0.4) is 0 Å². The molecular weight excluding hydrogens is 192 g/mol. The maximum atomic E-state index is 11.5. The van der Waals surface area contributed by atoms with Crippen LogP contribution >= 0.6 is 0 Å². The van der Waals surface area contributed by atoms with Crippen molar-refractivity contribution in [3.8, 4) is 0 Å². The van der Waals surface area contributed by atoms with E-state index in [1.807, 2.05) is 26.8 Å². The van der Waals surface area contributed by atoms with Gasteiger partial charge < -0.3 is 4.74 Å². The molecule has 0 aliphatic carbocycles. The fourth-order valence-corrected chi connectivity index (χ4v) is 1.85. The van der Waals surface area contributed by atoms with E-state index in [1.165, 1.54) is 0 Å². The first-order valence-electron chi connectivity index (χ1n) is 4.91. The molecule has 0 saturated carbocycles. The molecule has 0 radical (unpaired) electrons. The number of hydrogen-bond acceptors (Lipinski definition) is 3. The van der Waals surface area contributed by atoms with Crippen LogP contribution in [-0.2, 0) is 4.74 Å². The van der Waals surface area contributed by atoms with Crippen LogP contribution in [-0.4, -0.2) is 11.9 Å². The van der Waals surface area contributed by atoms with Gasteiger partial charge in [0, 0.05) is 0 Å². The van der Waals surface area contributed by atoms with Gasteiger partial charge in [-0.2, -0.15) is 0 Å². The number of fused-ring (bicyclic) bond motifs is 1. The summed E-state index contributed by atoms with van der Waals surface area (Å²) in [6.45, 7) is 5.89. The van der Waals surface area contributed by atoms with E-state index in [0.29, 0.717) is 11.1 Å². The third-order valence-corrected chi connectivity index (χ3v) is 2.54. The lowest BCUT2D eigenvalue weighted by molar-refractivity contribution is 0.0443. The van der Waals surface area contributed by atoms with E-state index in [2.05, 4.69) is 4.74 Å². The summed E-state index contributed by atoms with van der Waals surface area (Å²) in [6.07, 6.45) is 0. The minimum Gasteiger partial charge on any atom is -0.386 e. The van der Waals surface area contributed by atoms with Crippen LogP contribution in [0.2, 0.25) is 0 Å². The molecule has 78 valence electrons. The topological polar surface area (TPSA) is 43.4 Å². The van der Waals surface area contributed by atoms with Crippen LogP contribution in [0.5, 0.6) is 0 Å². The Bertz CT molecular complexity index is 458. The Morgan fingerprint density at radius 3 is 2.40 bits per heavy atom. The van der Waals surface area contributed by atoms with E-state index in [9.17, 15) is 9.59 Å². The molecule has 0 amide bonds. The van der Waals surface area contributed by atoms with Crippen molar-refractivity contribution in [2.75, 3.05) is 0 Å². The number of benzene rings is 1. The van der Waals surface area contributed by atoms with Crippen molar-refractivity contribution in [3.05, 3.63) is 34.4 Å². The Hall–Kier alpha value is -1.64. The number of cyclic esters (lactones) is 2. The van der Waals surface area contributed by atoms with Crippen LogP contribution in [0, 0.1) is 6.92 Å². The smallest absolute Gasteiger partial charge is 0.347 e. The molecule has 0 saturated heterocycles. The molecule has 1 aromatic rings. The van der Waals surface area contributed by atoms with Gasteiger partial charge in [-0.3, -0.25) is 0 Å². The van der Waals surface area contributed by atoms with Crippen molar-refractivity contribution in [2.24, 2.45) is 0 Å². The highest BCUT2D eigenvalue weighted by atomic mass is 16.6. The minimum atomic E-state index is -0.527. The molecule has 0 spiro atoms. The second-order valence-corrected chi connectivity index (χ2v) is 4.11. The first kappa shape index (κ1) is 9.90. The van der Waals surface area contributed by atoms with E-state index in [0.717, 1.165) is 11.1 Å². The van der Waals surface area contributed by atoms with Crippen molar-refractivity contribution in [2.45, 2.75) is 26.7 Å². The minimum absolute atomic E-state index is 0.206. The summed E-state index contributed by atoms with van der Waals surface area (Å²) >= 11 is 0. The Labute approximate surface area is 88.1 Å². The van der Waals surface area contributed by atoms with Gasteiger partial charge in [0.2, 0.25) is 0 Å². The van der Waals surface area contributed by atoms with Crippen molar-refractivity contribution in [3.63, 3.8) is 0 Å². The summed E-state index contributed by atoms with van der Waals surface area (Å²) in [7, 11) is 0. The van der Waals surface area contributed by atoms with E-state index in [-0.39, 0.29) is 5.92 Å². The Morgan fingerprint density at radius 2 is 1.80 bits per heavy atom. The van der Waals surface area contributed by atoms with E-state index in [4.69, 9.17) is 0 Å². The Balaban J connectivity index is 2.73. The van der Waals surface area contributed by atoms with Crippen LogP contribution in [0.25, 0.3) is 0 Å². The molecule has 1 aliphatic rings. The van der Waals surface area contributed by atoms with Crippen LogP contribution in [0.4, 0.5) is 0 Å². The lowest BCUT2D eigenvalue weighted by Crippen LogP contribution is -2.02. The second-order valence-electron chi connectivity index (χ2n) is 4.11. The normalized spacial score (nSPS) is 14.4. The summed E-state index contributed by atoms with van der Waals surface area (Å²) in [5.74, 6) is -0.837. The molecule has 0 fully saturated rings. The predicted molar refractivity (Wildman–Crippen MR) is 55.0 cm³/mol. The molecule has 3 nitrogen and oxygen atoms in total. The summed E-state index contributed by atoms with van der Waals surface area (Å²) in [5, 5.41) is 0. The molecule has 0 atom stereocenters. The lowest BCUT2D eigenvalue weighted by atomic mass is 9.92. The first-order chi connectivity index (χ1) is 7.00. The third kappa shape index (κ3) is 1.44. The van der Waals surface area contributed by atoms with Crippen molar-refractivity contribution in [1.82, 2.24) is 0 Å². The molecule has 1 heterocycles. The number of esters is 2. The van der Waals surface area contributed by atoms with Gasteiger partial charge in [-0.25, -0.2) is 9.59 Å². The van der Waals surface area contributed by atoms with Crippen LogP contribution in [0.1, 0.15) is 51.6 Å². The van der Waals surface area contributed by atoms with Crippen molar-refractivity contribution >= 4 is 11.9 Å². The maximum Gasteiger partial charge on any atom is 0.347 e. The molecule has 0 aromatic heterocycles. The van der Waals surface area contributed by atoms with Crippen molar-refractivity contribution < 1.29 is 14.3 Å². The van der Waals surface area contributed by atoms with Gasteiger partial charge in [-0.15, -0.1) is 0 Å². The molecule has 0 unspecified atom stereocenters. The van der Waals surface area contributed by atoms with Crippen LogP contribution < -0.4 is 0 Å². The summed E-state index contributed by atoms with van der Waals surface area (Å²) < 4.78 is 4.60. The van der Waals surface area contributed by atoms with Gasteiger partial charge >= 0.3 is 11.9 Å². The molecule has 3 heteroatoms. The SMILES string of the molecule is Cc1cc2c(c(C(C)C)c1)C(=O)OC2=O. The van der Waals surface area contributed by atoms with Crippen LogP contribution in [0.15, 0.2) is 12.1 Å². The standard InChI is InChI=1S/C12H12O3/c1-6(2)8-4-7(3)5-9-10(8)12(14)15-11(9)13/h4-6H,1-3H3. The number of carbonyl (C=O) groups excluding carboxylic acids is 2. The summed E-state index contributed by atoms with van der Waals surface area (Å²) in [4.78, 5) is 22.8. The van der Waals surface area contributed by atoms with Crippen molar-refractivity contribution in [1.29, 1.82) is 0 Å². The van der Waals surface area contributed by atoms with Gasteiger partial charge in [0.05, 0.1) is 11.1 Å². The zero-order valence-corrected chi connectivity index (χ0v) is 8.96. The second kappa shape index (κ2) is 3.19. The molecule has 0 N–H and O–H groups in total. The molecule has 2 rings (SSSR count). The van der Waals surface area contributed by atoms with Gasteiger partial charge in [0.25, 0.3) is 0 Å². The Kier molecular flexibility index (Phi) is 2.11. The first-order valence-corrected chi connectivity index (χ1v) is 4.91. The molecule has 1 aliphatic heterocycles. The highest BCUT2D eigenvalue weighted by Gasteiger charge is 2.32. The number of hydrogen-bond donors (Lipinski definition) is 0. The van der Waals surface area contributed by atoms with Gasteiger partial charge in [0.1, 0.15) is 0 Å². The average Bonchev–Trinajstić information content (AvgIpc) is 2.41. The fraction of sp³-hybridized carbons (Fsp3) is 0.333. The van der Waals surface area contributed by atoms with Gasteiger partial charge in [-0.05, 0) is 30.0 Å². The third-order valence-electron chi connectivity index (χ3n) is 2.54. The molecular formula is C12H12O3. The molecule has 1 aromatic carbocycles. The number of aryl methyl sites for hydroxylation is 1. The Morgan fingerprint density at radius 1 is 1.13 bits per heavy atom. The number of carbonyl (C=O) groups is 2. The average molecular weight is 204 g/mol. The summed E-state index contributed by atoms with van der Waals surface area (Å²) in [6, 6.07) is 3.64.